The Morgan fingerprint density at radius 2 is 2.05 bits per heavy atom. The van der Waals surface area contributed by atoms with Crippen molar-refractivity contribution in [3.05, 3.63) is 17.9 Å². The number of carboxylic acid groups (broad SMARTS) is 1. The van der Waals surface area contributed by atoms with Gasteiger partial charge in [0.05, 0.1) is 0 Å². The summed E-state index contributed by atoms with van der Waals surface area (Å²) in [5, 5.41) is 8.32. The van der Waals surface area contributed by atoms with Crippen LogP contribution in [0.5, 0.6) is 0 Å². The number of nitrogens with zero attached hydrogens (tertiary/aromatic N) is 1. The Morgan fingerprint density at radius 1 is 1.38 bits per heavy atom. The summed E-state index contributed by atoms with van der Waals surface area (Å²) >= 11 is 0. The van der Waals surface area contributed by atoms with E-state index in [0.29, 0.717) is 12.5 Å². The molecule has 1 heterocycles. The molecule has 0 saturated carbocycles. The fourth-order valence-corrected chi connectivity index (χ4v) is 2.60. The van der Waals surface area contributed by atoms with Crippen LogP contribution in [0.1, 0.15) is 37.2 Å². The van der Waals surface area contributed by atoms with Gasteiger partial charge in [-0.15, -0.1) is 0 Å². The van der Waals surface area contributed by atoms with Crippen molar-refractivity contribution in [3.63, 3.8) is 0 Å². The molecule has 0 atom stereocenters. The van der Waals surface area contributed by atoms with Gasteiger partial charge in [-0.3, -0.25) is 0 Å². The maximum absolute atomic E-state index is 11.9. The summed E-state index contributed by atoms with van der Waals surface area (Å²) in [7, 11) is -1.76. The van der Waals surface area contributed by atoms with E-state index >= 15 is 0 Å². The van der Waals surface area contributed by atoms with E-state index < -0.39 is 21.8 Å². The van der Waals surface area contributed by atoms with Crippen LogP contribution in [0, 0.1) is 0 Å². The maximum Gasteiger partial charge on any atom is 0.371 e. The number of rotatable bonds is 9. The molecule has 0 aliphatic heterocycles. The standard InChI is InChI=1S/C13H22N2O5S/c1-10(2)15(3)9-5-4-8-14-21(18,19)12-7-6-11(20-12)13(16)17/h6-7,10,14H,4-5,8-9H2,1-3H3,(H,16,17). The van der Waals surface area contributed by atoms with Crippen molar-refractivity contribution >= 4 is 16.0 Å². The number of carbonyl (C=O) groups is 1. The second kappa shape index (κ2) is 7.58. The molecule has 0 unspecified atom stereocenters. The van der Waals surface area contributed by atoms with E-state index in [1.807, 2.05) is 7.05 Å². The predicted molar refractivity (Wildman–Crippen MR) is 77.9 cm³/mol. The van der Waals surface area contributed by atoms with Crippen molar-refractivity contribution in [3.8, 4) is 0 Å². The van der Waals surface area contributed by atoms with Gasteiger partial charge in [0, 0.05) is 12.6 Å². The number of sulfonamides is 1. The van der Waals surface area contributed by atoms with E-state index in [1.165, 1.54) is 0 Å². The average Bonchev–Trinajstić information content (AvgIpc) is 2.88. The number of hydrogen-bond acceptors (Lipinski definition) is 5. The largest absolute Gasteiger partial charge is 0.475 e. The monoisotopic (exact) mass is 318 g/mol. The highest BCUT2D eigenvalue weighted by atomic mass is 32.2. The second-order valence-corrected chi connectivity index (χ2v) is 6.80. The van der Waals surface area contributed by atoms with Gasteiger partial charge in [-0.25, -0.2) is 17.9 Å². The Balaban J connectivity index is 2.41. The molecule has 0 amide bonds. The smallest absolute Gasteiger partial charge is 0.371 e. The van der Waals surface area contributed by atoms with Gasteiger partial charge < -0.3 is 14.4 Å². The summed E-state index contributed by atoms with van der Waals surface area (Å²) in [6, 6.07) is 2.71. The van der Waals surface area contributed by atoms with Crippen LogP contribution in [-0.4, -0.2) is 50.6 Å². The van der Waals surface area contributed by atoms with E-state index in [4.69, 9.17) is 9.52 Å². The molecule has 120 valence electrons. The number of furan rings is 1. The van der Waals surface area contributed by atoms with Crippen LogP contribution in [-0.2, 0) is 10.0 Å². The third kappa shape index (κ3) is 5.49. The molecule has 0 aliphatic rings. The fraction of sp³-hybridized carbons (Fsp3) is 0.615. The first-order valence-corrected chi connectivity index (χ1v) is 8.25. The van der Waals surface area contributed by atoms with Crippen molar-refractivity contribution < 1.29 is 22.7 Å². The molecule has 0 bridgehead atoms. The highest BCUT2D eigenvalue weighted by molar-refractivity contribution is 7.89. The van der Waals surface area contributed by atoms with Crippen molar-refractivity contribution in [2.24, 2.45) is 0 Å². The normalized spacial score (nSPS) is 12.2. The Bertz CT molecular complexity index is 565. The first-order valence-electron chi connectivity index (χ1n) is 6.77. The topological polar surface area (TPSA) is 99.9 Å². The molecule has 0 aromatic carbocycles. The Morgan fingerprint density at radius 3 is 2.57 bits per heavy atom. The molecular formula is C13H22N2O5S. The van der Waals surface area contributed by atoms with E-state index in [9.17, 15) is 13.2 Å². The van der Waals surface area contributed by atoms with Gasteiger partial charge in [0.1, 0.15) is 0 Å². The van der Waals surface area contributed by atoms with Crippen molar-refractivity contribution in [1.29, 1.82) is 0 Å². The fourth-order valence-electron chi connectivity index (χ4n) is 1.60. The molecule has 0 fully saturated rings. The SMILES string of the molecule is CC(C)N(C)CCCCNS(=O)(=O)c1ccc(C(=O)O)o1. The summed E-state index contributed by atoms with van der Waals surface area (Å²) in [6.07, 6.45) is 1.57. The lowest BCUT2D eigenvalue weighted by molar-refractivity contribution is 0.0656. The van der Waals surface area contributed by atoms with Crippen LogP contribution in [0.4, 0.5) is 0 Å². The minimum absolute atomic E-state index is 0.289. The van der Waals surface area contributed by atoms with Crippen LogP contribution < -0.4 is 4.72 Å². The average molecular weight is 318 g/mol. The summed E-state index contributed by atoms with van der Waals surface area (Å²) < 4.78 is 30.9. The zero-order valence-electron chi connectivity index (χ0n) is 12.5. The molecule has 1 aromatic heterocycles. The minimum atomic E-state index is -3.78. The molecule has 21 heavy (non-hydrogen) atoms. The van der Waals surface area contributed by atoms with Crippen molar-refractivity contribution in [2.75, 3.05) is 20.1 Å². The first-order chi connectivity index (χ1) is 9.74. The maximum atomic E-state index is 11.9. The van der Waals surface area contributed by atoms with Crippen LogP contribution in [0.25, 0.3) is 0 Å². The lowest BCUT2D eigenvalue weighted by atomic mass is 10.2. The van der Waals surface area contributed by atoms with E-state index in [2.05, 4.69) is 23.5 Å². The van der Waals surface area contributed by atoms with Gasteiger partial charge in [0.15, 0.2) is 0 Å². The predicted octanol–water partition coefficient (Wildman–Crippen LogP) is 1.38. The molecule has 1 aromatic rings. The van der Waals surface area contributed by atoms with Gasteiger partial charge in [-0.2, -0.15) is 0 Å². The van der Waals surface area contributed by atoms with E-state index in [-0.39, 0.29) is 11.6 Å². The van der Waals surface area contributed by atoms with Crippen molar-refractivity contribution in [2.45, 2.75) is 37.8 Å². The molecule has 7 nitrogen and oxygen atoms in total. The van der Waals surface area contributed by atoms with Gasteiger partial charge in [-0.1, -0.05) is 0 Å². The Labute approximate surface area is 125 Å². The molecular weight excluding hydrogens is 296 g/mol. The number of nitrogens with one attached hydrogen (secondary N) is 1. The van der Waals surface area contributed by atoms with Crippen LogP contribution in [0.15, 0.2) is 21.6 Å². The first kappa shape index (κ1) is 17.7. The number of hydrogen-bond donors (Lipinski definition) is 2. The molecule has 0 spiro atoms. The molecule has 1 rings (SSSR count). The summed E-state index contributed by atoms with van der Waals surface area (Å²) in [6.45, 7) is 5.37. The molecule has 2 N–H and O–H groups in total. The minimum Gasteiger partial charge on any atom is -0.475 e. The third-order valence-corrected chi connectivity index (χ3v) is 4.50. The summed E-state index contributed by atoms with van der Waals surface area (Å²) in [4.78, 5) is 12.8. The lowest BCUT2D eigenvalue weighted by Gasteiger charge is -2.20. The summed E-state index contributed by atoms with van der Waals surface area (Å²) in [5.74, 6) is -1.69. The van der Waals surface area contributed by atoms with Crippen LogP contribution in [0.3, 0.4) is 0 Å². The van der Waals surface area contributed by atoms with E-state index in [1.54, 1.807) is 0 Å². The number of unbranched alkanes of at least 4 members (excludes halogenated alkanes) is 1. The van der Waals surface area contributed by atoms with Gasteiger partial charge in [0.2, 0.25) is 10.9 Å². The lowest BCUT2D eigenvalue weighted by Crippen LogP contribution is -2.29. The Kier molecular flexibility index (Phi) is 6.38. The summed E-state index contributed by atoms with van der Waals surface area (Å²) in [5.41, 5.74) is 0. The van der Waals surface area contributed by atoms with Gasteiger partial charge in [-0.05, 0) is 52.4 Å². The zero-order chi connectivity index (χ0) is 16.0. The zero-order valence-corrected chi connectivity index (χ0v) is 13.3. The quantitative estimate of drug-likeness (QED) is 0.667. The van der Waals surface area contributed by atoms with Gasteiger partial charge >= 0.3 is 5.97 Å². The van der Waals surface area contributed by atoms with Crippen LogP contribution in [0.2, 0.25) is 0 Å². The molecule has 8 heteroatoms. The third-order valence-electron chi connectivity index (χ3n) is 3.17. The number of aromatic carboxylic acids is 1. The highest BCUT2D eigenvalue weighted by Gasteiger charge is 2.20. The van der Waals surface area contributed by atoms with Crippen LogP contribution >= 0.6 is 0 Å². The second-order valence-electron chi connectivity index (χ2n) is 5.10. The van der Waals surface area contributed by atoms with E-state index in [0.717, 1.165) is 25.1 Å². The molecule has 0 aliphatic carbocycles. The molecule has 0 radical (unpaired) electrons. The number of carboxylic acids is 1. The highest BCUT2D eigenvalue weighted by Crippen LogP contribution is 2.13. The molecule has 0 saturated heterocycles. The van der Waals surface area contributed by atoms with Crippen molar-refractivity contribution in [1.82, 2.24) is 9.62 Å². The Hall–Kier alpha value is -1.38. The van der Waals surface area contributed by atoms with Gasteiger partial charge in [0.25, 0.3) is 10.0 Å².